The number of halogens is 1. The third-order valence-corrected chi connectivity index (χ3v) is 2.65. The molecular formula is C12H19ClO2. The molecule has 2 nitrogen and oxygen atoms in total. The normalized spacial score (nSPS) is 26.3. The van der Waals surface area contributed by atoms with E-state index in [9.17, 15) is 0 Å². The molecule has 3 heteroatoms. The summed E-state index contributed by atoms with van der Waals surface area (Å²) in [5.74, 6) is 0.911. The lowest BCUT2D eigenvalue weighted by atomic mass is 10.0. The molecule has 0 unspecified atom stereocenters. The van der Waals surface area contributed by atoms with Crippen LogP contribution in [0.5, 0.6) is 0 Å². The zero-order chi connectivity index (χ0) is 11.6. The van der Waals surface area contributed by atoms with Crippen molar-refractivity contribution in [3.63, 3.8) is 0 Å². The molecule has 0 aliphatic carbocycles. The fraction of sp³-hybridized carbons (Fsp3) is 0.667. The Kier molecular flexibility index (Phi) is 3.85. The van der Waals surface area contributed by atoms with Crippen LogP contribution >= 0.6 is 11.6 Å². The van der Waals surface area contributed by atoms with Crippen LogP contribution in [-0.2, 0) is 9.47 Å². The second-order valence-corrected chi connectivity index (χ2v) is 5.16. The summed E-state index contributed by atoms with van der Waals surface area (Å²) in [6.07, 6.45) is 0.860. The molecule has 1 aliphatic rings. The number of hydrogen-bond donors (Lipinski definition) is 0. The maximum Gasteiger partial charge on any atom is 0.125 e. The first-order valence-electron chi connectivity index (χ1n) is 5.10. The minimum Gasteiger partial charge on any atom is -0.487 e. The van der Waals surface area contributed by atoms with Crippen LogP contribution in [0.2, 0.25) is 0 Å². The van der Waals surface area contributed by atoms with E-state index in [4.69, 9.17) is 21.1 Å². The van der Waals surface area contributed by atoms with E-state index >= 15 is 0 Å². The van der Waals surface area contributed by atoms with E-state index < -0.39 is 0 Å². The predicted molar refractivity (Wildman–Crippen MR) is 62.9 cm³/mol. The van der Waals surface area contributed by atoms with Gasteiger partial charge in [0, 0.05) is 24.1 Å². The molecule has 0 amide bonds. The number of rotatable bonds is 2. The summed E-state index contributed by atoms with van der Waals surface area (Å²) >= 11 is 6.07. The van der Waals surface area contributed by atoms with Gasteiger partial charge >= 0.3 is 0 Å². The highest BCUT2D eigenvalue weighted by molar-refractivity contribution is 6.29. The van der Waals surface area contributed by atoms with Crippen molar-refractivity contribution in [1.82, 2.24) is 0 Å². The molecule has 1 aliphatic heterocycles. The van der Waals surface area contributed by atoms with Crippen LogP contribution in [0.4, 0.5) is 0 Å². The first-order chi connectivity index (χ1) is 6.87. The molecule has 1 rings (SSSR count). The zero-order valence-corrected chi connectivity index (χ0v) is 10.9. The maximum absolute atomic E-state index is 6.07. The van der Waals surface area contributed by atoms with Crippen LogP contribution < -0.4 is 0 Å². The average molecular weight is 231 g/mol. The molecule has 0 bridgehead atoms. The predicted octanol–water partition coefficient (Wildman–Crippen LogP) is 3.62. The van der Waals surface area contributed by atoms with Crippen molar-refractivity contribution in [1.29, 1.82) is 0 Å². The van der Waals surface area contributed by atoms with Crippen LogP contribution in [0, 0.1) is 0 Å². The topological polar surface area (TPSA) is 18.5 Å². The quantitative estimate of drug-likeness (QED) is 0.722. The minimum absolute atomic E-state index is 0.157. The number of ether oxygens (including phenoxy) is 2. The molecule has 0 saturated carbocycles. The maximum atomic E-state index is 6.07. The van der Waals surface area contributed by atoms with Crippen molar-refractivity contribution < 1.29 is 9.47 Å². The van der Waals surface area contributed by atoms with Gasteiger partial charge in [-0.3, -0.25) is 0 Å². The molecule has 1 saturated heterocycles. The molecule has 1 heterocycles. The highest BCUT2D eigenvalue weighted by Gasteiger charge is 2.34. The lowest BCUT2D eigenvalue weighted by Crippen LogP contribution is -2.16. The molecule has 0 aromatic rings. The van der Waals surface area contributed by atoms with Crippen molar-refractivity contribution in [2.24, 2.45) is 0 Å². The van der Waals surface area contributed by atoms with Crippen molar-refractivity contribution >= 4 is 11.6 Å². The molecule has 0 spiro atoms. The van der Waals surface area contributed by atoms with E-state index in [0.717, 1.165) is 28.4 Å². The third-order valence-electron chi connectivity index (χ3n) is 2.42. The number of methoxy groups -OCH3 is 1. The largest absolute Gasteiger partial charge is 0.487 e. The number of hydrogen-bond acceptors (Lipinski definition) is 2. The Balaban J connectivity index is 3.08. The van der Waals surface area contributed by atoms with E-state index in [-0.39, 0.29) is 5.60 Å². The van der Waals surface area contributed by atoms with Gasteiger partial charge < -0.3 is 9.47 Å². The van der Waals surface area contributed by atoms with Gasteiger partial charge in [-0.25, -0.2) is 0 Å². The van der Waals surface area contributed by atoms with E-state index in [1.165, 1.54) is 0 Å². The smallest absolute Gasteiger partial charge is 0.125 e. The lowest BCUT2D eigenvalue weighted by molar-refractivity contribution is 0.0728. The van der Waals surface area contributed by atoms with Gasteiger partial charge in [-0.1, -0.05) is 11.6 Å². The second kappa shape index (κ2) is 4.58. The van der Waals surface area contributed by atoms with E-state index in [1.54, 1.807) is 7.11 Å². The van der Waals surface area contributed by atoms with Gasteiger partial charge in [-0.05, 0) is 33.3 Å². The van der Waals surface area contributed by atoms with Gasteiger partial charge in [0.2, 0.25) is 0 Å². The fourth-order valence-electron chi connectivity index (χ4n) is 1.78. The van der Waals surface area contributed by atoms with E-state index in [1.807, 2.05) is 13.8 Å². The molecule has 0 N–H and O–H groups in total. The Morgan fingerprint density at radius 1 is 1.47 bits per heavy atom. The van der Waals surface area contributed by atoms with Crippen molar-refractivity contribution in [2.75, 3.05) is 13.7 Å². The highest BCUT2D eigenvalue weighted by atomic mass is 35.5. The van der Waals surface area contributed by atoms with Gasteiger partial charge in [-0.2, -0.15) is 0 Å². The summed E-state index contributed by atoms with van der Waals surface area (Å²) in [4.78, 5) is 0. The van der Waals surface area contributed by atoms with Crippen molar-refractivity contribution in [3.8, 4) is 0 Å². The van der Waals surface area contributed by atoms with Crippen molar-refractivity contribution in [2.45, 2.75) is 39.7 Å². The lowest BCUT2D eigenvalue weighted by Gasteiger charge is -2.17. The SMILES string of the molecule is COC/C(C)=C1\OC(C)(C)C\C1=C(\C)Cl. The summed E-state index contributed by atoms with van der Waals surface area (Å²) in [7, 11) is 1.68. The van der Waals surface area contributed by atoms with Gasteiger partial charge in [0.25, 0.3) is 0 Å². The van der Waals surface area contributed by atoms with Crippen LogP contribution in [0.3, 0.4) is 0 Å². The third kappa shape index (κ3) is 2.99. The Morgan fingerprint density at radius 3 is 2.53 bits per heavy atom. The molecule has 0 aromatic heterocycles. The van der Waals surface area contributed by atoms with Crippen molar-refractivity contribution in [3.05, 3.63) is 21.9 Å². The molecule has 86 valence electrons. The van der Waals surface area contributed by atoms with Gasteiger partial charge in [-0.15, -0.1) is 0 Å². The number of allylic oxidation sites excluding steroid dienone is 2. The first kappa shape index (κ1) is 12.6. The molecule has 1 fully saturated rings. The van der Waals surface area contributed by atoms with Gasteiger partial charge in [0.1, 0.15) is 11.4 Å². The van der Waals surface area contributed by atoms with Gasteiger partial charge in [0.15, 0.2) is 0 Å². The van der Waals surface area contributed by atoms with Gasteiger partial charge in [0.05, 0.1) is 6.61 Å². The summed E-state index contributed by atoms with van der Waals surface area (Å²) in [6, 6.07) is 0. The fourth-order valence-corrected chi connectivity index (χ4v) is 1.94. The second-order valence-electron chi connectivity index (χ2n) is 4.59. The van der Waals surface area contributed by atoms with Crippen LogP contribution in [0.1, 0.15) is 34.1 Å². The Bertz CT molecular complexity index is 310. The van der Waals surface area contributed by atoms with Crippen LogP contribution in [-0.4, -0.2) is 19.3 Å². The standard InChI is InChI=1S/C12H19ClO2/c1-8(7-14-5)11-10(9(2)13)6-12(3,4)15-11/h6-7H2,1-5H3/b10-9+,11-8-. The van der Waals surface area contributed by atoms with E-state index in [0.29, 0.717) is 6.61 Å². The molecule has 0 aromatic carbocycles. The zero-order valence-electron chi connectivity index (χ0n) is 10.1. The minimum atomic E-state index is -0.157. The summed E-state index contributed by atoms with van der Waals surface area (Å²) in [5.41, 5.74) is 2.05. The Labute approximate surface area is 96.9 Å². The van der Waals surface area contributed by atoms with Crippen LogP contribution in [0.25, 0.3) is 0 Å². The summed E-state index contributed by atoms with van der Waals surface area (Å²) < 4.78 is 11.0. The monoisotopic (exact) mass is 230 g/mol. The average Bonchev–Trinajstić information content (AvgIpc) is 2.42. The summed E-state index contributed by atoms with van der Waals surface area (Å²) in [6.45, 7) is 8.64. The molecule has 0 atom stereocenters. The molecule has 0 radical (unpaired) electrons. The molecular weight excluding hydrogens is 212 g/mol. The van der Waals surface area contributed by atoms with Crippen LogP contribution in [0.15, 0.2) is 21.9 Å². The first-order valence-corrected chi connectivity index (χ1v) is 5.48. The Morgan fingerprint density at radius 2 is 2.07 bits per heavy atom. The highest BCUT2D eigenvalue weighted by Crippen LogP contribution is 2.40. The Hall–Kier alpha value is -0.470. The molecule has 15 heavy (non-hydrogen) atoms. The summed E-state index contributed by atoms with van der Waals surface area (Å²) in [5, 5.41) is 0.811. The van der Waals surface area contributed by atoms with E-state index in [2.05, 4.69) is 13.8 Å².